The van der Waals surface area contributed by atoms with Crippen molar-refractivity contribution < 1.29 is 22.8 Å². The quantitative estimate of drug-likeness (QED) is 0.535. The highest BCUT2D eigenvalue weighted by atomic mass is 32.2. The van der Waals surface area contributed by atoms with E-state index in [0.29, 0.717) is 4.91 Å². The number of halogens is 3. The fraction of sp³-hybridized carbons (Fsp3) is 0.167. The van der Waals surface area contributed by atoms with Crippen LogP contribution in [0.3, 0.4) is 0 Å². The number of anilines is 1. The zero-order valence-corrected chi connectivity index (χ0v) is 16.8. The Morgan fingerprint density at radius 3 is 2.68 bits per heavy atom. The number of carbonyl (C=O) groups is 2. The zero-order chi connectivity index (χ0) is 20.5. The first-order valence-corrected chi connectivity index (χ1v) is 10.1. The summed E-state index contributed by atoms with van der Waals surface area (Å²) in [5.41, 5.74) is -0.881. The Morgan fingerprint density at radius 2 is 2.04 bits per heavy atom. The second kappa shape index (κ2) is 8.06. The maximum atomic E-state index is 12.8. The van der Waals surface area contributed by atoms with E-state index in [4.69, 9.17) is 12.2 Å². The third-order valence-electron chi connectivity index (χ3n) is 3.86. The number of thiocarbonyl (C=S) groups is 1. The Labute approximate surface area is 172 Å². The van der Waals surface area contributed by atoms with Gasteiger partial charge in [0.15, 0.2) is 0 Å². The van der Waals surface area contributed by atoms with Crippen molar-refractivity contribution in [2.24, 2.45) is 0 Å². The van der Waals surface area contributed by atoms with E-state index in [-0.39, 0.29) is 10.0 Å². The van der Waals surface area contributed by atoms with E-state index in [0.717, 1.165) is 28.8 Å². The number of thioether (sulfide) groups is 1. The first-order chi connectivity index (χ1) is 13.2. The van der Waals surface area contributed by atoms with Gasteiger partial charge in [0.2, 0.25) is 5.91 Å². The molecule has 1 aromatic heterocycles. The Bertz CT molecular complexity index is 955. The maximum Gasteiger partial charge on any atom is 0.416 e. The summed E-state index contributed by atoms with van der Waals surface area (Å²) in [5, 5.41) is 4.29. The molecule has 0 spiro atoms. The Hall–Kier alpha value is -2.17. The molecule has 146 valence electrons. The van der Waals surface area contributed by atoms with Crippen LogP contribution in [0.2, 0.25) is 0 Å². The number of carbonyl (C=O) groups excluding carboxylic acids is 2. The van der Waals surface area contributed by atoms with Gasteiger partial charge in [0.25, 0.3) is 5.91 Å². The van der Waals surface area contributed by atoms with Crippen LogP contribution >= 0.6 is 35.3 Å². The fourth-order valence-electron chi connectivity index (χ4n) is 2.45. The van der Waals surface area contributed by atoms with Gasteiger partial charge in [-0.1, -0.05) is 36.1 Å². The van der Waals surface area contributed by atoms with Crippen molar-refractivity contribution >= 4 is 63.2 Å². The van der Waals surface area contributed by atoms with Gasteiger partial charge in [0, 0.05) is 10.6 Å². The molecule has 1 aliphatic heterocycles. The Balaban J connectivity index is 1.75. The molecule has 0 aliphatic carbocycles. The third-order valence-corrected chi connectivity index (χ3v) is 6.01. The molecular formula is C18H13F3N2O2S3. The molecule has 1 N–H and O–H groups in total. The lowest BCUT2D eigenvalue weighted by Gasteiger charge is -2.22. The van der Waals surface area contributed by atoms with Crippen LogP contribution in [-0.4, -0.2) is 27.1 Å². The number of hydrogen-bond acceptors (Lipinski definition) is 5. The number of hydrogen-bond donors (Lipinski definition) is 1. The van der Waals surface area contributed by atoms with E-state index in [2.05, 4.69) is 5.32 Å². The molecule has 3 rings (SSSR count). The summed E-state index contributed by atoms with van der Waals surface area (Å²) < 4.78 is 38.7. The molecule has 0 saturated carbocycles. The lowest BCUT2D eigenvalue weighted by Crippen LogP contribution is -2.44. The van der Waals surface area contributed by atoms with Crippen molar-refractivity contribution in [3.63, 3.8) is 0 Å². The van der Waals surface area contributed by atoms with E-state index >= 15 is 0 Å². The van der Waals surface area contributed by atoms with E-state index < -0.39 is 29.6 Å². The average Bonchev–Trinajstić information content (AvgIpc) is 3.22. The fourth-order valence-corrected chi connectivity index (χ4v) is 4.59. The van der Waals surface area contributed by atoms with Crippen LogP contribution < -0.4 is 5.32 Å². The minimum atomic E-state index is -4.52. The van der Waals surface area contributed by atoms with Crippen molar-refractivity contribution in [1.82, 2.24) is 4.90 Å². The summed E-state index contributed by atoms with van der Waals surface area (Å²) in [6, 6.07) is 7.02. The molecule has 4 nitrogen and oxygen atoms in total. The topological polar surface area (TPSA) is 49.4 Å². The van der Waals surface area contributed by atoms with Crippen LogP contribution in [0.1, 0.15) is 17.4 Å². The number of nitrogens with zero attached hydrogens (tertiary/aromatic N) is 1. The highest BCUT2D eigenvalue weighted by Crippen LogP contribution is 2.35. The molecule has 1 saturated heterocycles. The number of rotatable bonds is 4. The standard InChI is InChI=1S/C18H13F3N2O2S3/c1-10(15(24)22-12-5-2-4-11(8-12)18(19,20)21)23-16(25)14(28-17(23)26)9-13-6-3-7-27-13/h2-10H,1H3,(H,22,24)/b14-9-. The lowest BCUT2D eigenvalue weighted by atomic mass is 10.2. The van der Waals surface area contributed by atoms with E-state index in [1.165, 1.54) is 35.3 Å². The van der Waals surface area contributed by atoms with Crippen molar-refractivity contribution in [1.29, 1.82) is 0 Å². The van der Waals surface area contributed by atoms with Crippen molar-refractivity contribution in [2.45, 2.75) is 19.1 Å². The molecule has 2 amide bonds. The molecule has 1 fully saturated rings. The molecule has 2 heterocycles. The molecule has 28 heavy (non-hydrogen) atoms. The van der Waals surface area contributed by atoms with Gasteiger partial charge in [-0.15, -0.1) is 11.3 Å². The Morgan fingerprint density at radius 1 is 1.29 bits per heavy atom. The zero-order valence-electron chi connectivity index (χ0n) is 14.3. The molecule has 0 radical (unpaired) electrons. The van der Waals surface area contributed by atoms with Crippen molar-refractivity contribution in [3.8, 4) is 0 Å². The monoisotopic (exact) mass is 442 g/mol. The van der Waals surface area contributed by atoms with Gasteiger partial charge in [-0.25, -0.2) is 0 Å². The van der Waals surface area contributed by atoms with E-state index in [1.807, 2.05) is 17.5 Å². The number of benzene rings is 1. The van der Waals surface area contributed by atoms with Crippen molar-refractivity contribution in [3.05, 3.63) is 57.1 Å². The molecule has 2 aromatic rings. The normalized spacial score (nSPS) is 17.3. The summed E-state index contributed by atoms with van der Waals surface area (Å²) in [5.74, 6) is -1.04. The van der Waals surface area contributed by atoms with Crippen LogP contribution in [0.15, 0.2) is 46.7 Å². The van der Waals surface area contributed by atoms with Gasteiger partial charge in [0.05, 0.1) is 10.5 Å². The second-order valence-corrected chi connectivity index (χ2v) is 8.47. The van der Waals surface area contributed by atoms with Gasteiger partial charge >= 0.3 is 6.18 Å². The van der Waals surface area contributed by atoms with E-state index in [9.17, 15) is 22.8 Å². The van der Waals surface area contributed by atoms with Gasteiger partial charge in [-0.3, -0.25) is 14.5 Å². The van der Waals surface area contributed by atoms with Crippen LogP contribution in [0.25, 0.3) is 6.08 Å². The predicted octanol–water partition coefficient (Wildman–Crippen LogP) is 5.00. The SMILES string of the molecule is CC(C(=O)Nc1cccc(C(F)(F)F)c1)N1C(=O)/C(=C/c2cccs2)SC1=S. The second-order valence-electron chi connectivity index (χ2n) is 5.81. The highest BCUT2D eigenvalue weighted by molar-refractivity contribution is 8.26. The molecule has 1 atom stereocenters. The molecule has 0 bridgehead atoms. The minimum absolute atomic E-state index is 0.00811. The lowest BCUT2D eigenvalue weighted by molar-refractivity contribution is -0.137. The Kier molecular flexibility index (Phi) is 5.92. The van der Waals surface area contributed by atoms with Crippen LogP contribution in [0, 0.1) is 0 Å². The molecule has 1 unspecified atom stereocenters. The number of alkyl halides is 3. The summed E-state index contributed by atoms with van der Waals surface area (Å²) in [7, 11) is 0. The number of nitrogens with one attached hydrogen (secondary N) is 1. The molecule has 10 heteroatoms. The summed E-state index contributed by atoms with van der Waals surface area (Å²) >= 11 is 7.77. The number of amides is 2. The largest absolute Gasteiger partial charge is 0.416 e. The maximum absolute atomic E-state index is 12.8. The predicted molar refractivity (Wildman–Crippen MR) is 109 cm³/mol. The highest BCUT2D eigenvalue weighted by Gasteiger charge is 2.38. The van der Waals surface area contributed by atoms with Crippen LogP contribution in [-0.2, 0) is 15.8 Å². The molecular weight excluding hydrogens is 429 g/mol. The number of thiophene rings is 1. The van der Waals surface area contributed by atoms with Crippen molar-refractivity contribution in [2.75, 3.05) is 5.32 Å². The third kappa shape index (κ3) is 4.45. The first-order valence-electron chi connectivity index (χ1n) is 7.95. The van der Waals surface area contributed by atoms with Crippen LogP contribution in [0.4, 0.5) is 18.9 Å². The summed E-state index contributed by atoms with van der Waals surface area (Å²) in [6.45, 7) is 1.47. The summed E-state index contributed by atoms with van der Waals surface area (Å²) in [6.07, 6.45) is -2.82. The molecule has 1 aliphatic rings. The molecule has 1 aromatic carbocycles. The average molecular weight is 443 g/mol. The van der Waals surface area contributed by atoms with Gasteiger partial charge < -0.3 is 5.32 Å². The van der Waals surface area contributed by atoms with E-state index in [1.54, 1.807) is 6.08 Å². The smallest absolute Gasteiger partial charge is 0.324 e. The van der Waals surface area contributed by atoms with Gasteiger partial charge in [-0.2, -0.15) is 13.2 Å². The van der Waals surface area contributed by atoms with Gasteiger partial charge in [0.1, 0.15) is 10.4 Å². The minimum Gasteiger partial charge on any atom is -0.324 e. The van der Waals surface area contributed by atoms with Crippen LogP contribution in [0.5, 0.6) is 0 Å². The first kappa shape index (κ1) is 20.6. The van der Waals surface area contributed by atoms with Gasteiger partial charge in [-0.05, 0) is 42.6 Å². The summed E-state index contributed by atoms with van der Waals surface area (Å²) in [4.78, 5) is 27.6.